The topological polar surface area (TPSA) is 9.23 Å². The number of benzene rings is 1. The summed E-state index contributed by atoms with van der Waals surface area (Å²) in [4.78, 5) is 0. The van der Waals surface area contributed by atoms with E-state index in [1.54, 1.807) is 0 Å². The highest BCUT2D eigenvalue weighted by Crippen LogP contribution is 2.45. The first kappa shape index (κ1) is 11.5. The molecule has 1 heterocycles. The van der Waals surface area contributed by atoms with E-state index in [9.17, 15) is 0 Å². The van der Waals surface area contributed by atoms with Crippen LogP contribution in [0.4, 0.5) is 0 Å². The maximum atomic E-state index is 5.88. The molecule has 0 saturated carbocycles. The summed E-state index contributed by atoms with van der Waals surface area (Å²) >= 11 is 0. The molecule has 0 N–H and O–H groups in total. The van der Waals surface area contributed by atoms with Crippen molar-refractivity contribution in [3.63, 3.8) is 0 Å². The fourth-order valence-electron chi connectivity index (χ4n) is 2.49. The van der Waals surface area contributed by atoms with Crippen molar-refractivity contribution in [2.24, 2.45) is 0 Å². The van der Waals surface area contributed by atoms with Crippen LogP contribution in [0, 0.1) is 6.92 Å². The van der Waals surface area contributed by atoms with E-state index < -0.39 is 0 Å². The van der Waals surface area contributed by atoms with Gasteiger partial charge in [-0.3, -0.25) is 0 Å². The normalized spacial score (nSPS) is 18.1. The molecule has 0 saturated heterocycles. The molecule has 0 aliphatic carbocycles. The molecular weight excluding hydrogens is 196 g/mol. The number of rotatable bonds is 0. The van der Waals surface area contributed by atoms with Gasteiger partial charge in [-0.2, -0.15) is 0 Å². The number of ether oxygens (including phenoxy) is 1. The molecule has 1 heteroatoms. The third kappa shape index (κ3) is 1.63. The van der Waals surface area contributed by atoms with Gasteiger partial charge >= 0.3 is 0 Å². The van der Waals surface area contributed by atoms with E-state index >= 15 is 0 Å². The average molecular weight is 218 g/mol. The minimum Gasteiger partial charge on any atom is -0.492 e. The van der Waals surface area contributed by atoms with Crippen LogP contribution in [0.15, 0.2) is 12.1 Å². The van der Waals surface area contributed by atoms with Crippen LogP contribution in [0.5, 0.6) is 5.75 Å². The number of fused-ring (bicyclic) bond motifs is 1. The average Bonchev–Trinajstić information content (AvgIpc) is 2.42. The first-order chi connectivity index (χ1) is 7.23. The van der Waals surface area contributed by atoms with Crippen LogP contribution in [0.2, 0.25) is 0 Å². The van der Waals surface area contributed by atoms with Crippen molar-refractivity contribution in [3.8, 4) is 5.75 Å². The number of aryl methyl sites for hydroxylation is 1. The Morgan fingerprint density at radius 1 is 1.19 bits per heavy atom. The van der Waals surface area contributed by atoms with Gasteiger partial charge in [0.05, 0.1) is 6.61 Å². The van der Waals surface area contributed by atoms with E-state index in [4.69, 9.17) is 4.74 Å². The van der Waals surface area contributed by atoms with Gasteiger partial charge in [0.1, 0.15) is 5.75 Å². The van der Waals surface area contributed by atoms with Crippen molar-refractivity contribution in [2.45, 2.75) is 52.4 Å². The second kappa shape index (κ2) is 3.26. The van der Waals surface area contributed by atoms with Gasteiger partial charge in [0.15, 0.2) is 0 Å². The van der Waals surface area contributed by atoms with Crippen LogP contribution in [0.25, 0.3) is 0 Å². The smallest absolute Gasteiger partial charge is 0.126 e. The van der Waals surface area contributed by atoms with Gasteiger partial charge < -0.3 is 4.74 Å². The van der Waals surface area contributed by atoms with Gasteiger partial charge in [0.25, 0.3) is 0 Å². The fourth-order valence-corrected chi connectivity index (χ4v) is 2.49. The monoisotopic (exact) mass is 218 g/mol. The van der Waals surface area contributed by atoms with Crippen LogP contribution in [-0.4, -0.2) is 6.61 Å². The lowest BCUT2D eigenvalue weighted by atomic mass is 9.75. The molecule has 1 aliphatic rings. The van der Waals surface area contributed by atoms with Gasteiger partial charge in [0, 0.05) is 11.0 Å². The Bertz CT molecular complexity index is 422. The summed E-state index contributed by atoms with van der Waals surface area (Å²) in [5.41, 5.74) is 4.43. The van der Waals surface area contributed by atoms with Gasteiger partial charge in [-0.05, 0) is 23.5 Å². The minimum atomic E-state index is 0.143. The molecule has 0 fully saturated rings. The van der Waals surface area contributed by atoms with Crippen LogP contribution >= 0.6 is 0 Å². The molecule has 0 bridgehead atoms. The molecule has 1 nitrogen and oxygen atoms in total. The zero-order chi connectivity index (χ0) is 12.1. The predicted molar refractivity (Wildman–Crippen MR) is 68.4 cm³/mol. The van der Waals surface area contributed by atoms with E-state index in [1.807, 2.05) is 0 Å². The number of hydrogen-bond donors (Lipinski definition) is 0. The van der Waals surface area contributed by atoms with E-state index in [0.717, 1.165) is 12.4 Å². The SMILES string of the molecule is Cc1ccc(C(C)(C)C)c2c1OCC2(C)C. The first-order valence-electron chi connectivity index (χ1n) is 6.01. The zero-order valence-electron chi connectivity index (χ0n) is 11.3. The van der Waals surface area contributed by atoms with Crippen molar-refractivity contribution in [1.82, 2.24) is 0 Å². The Morgan fingerprint density at radius 3 is 2.38 bits per heavy atom. The highest BCUT2D eigenvalue weighted by molar-refractivity contribution is 5.54. The molecule has 1 aromatic carbocycles. The molecular formula is C15H22O. The largest absolute Gasteiger partial charge is 0.492 e. The minimum absolute atomic E-state index is 0.143. The van der Waals surface area contributed by atoms with E-state index in [-0.39, 0.29) is 10.8 Å². The maximum absolute atomic E-state index is 5.88. The molecule has 1 aliphatic heterocycles. The van der Waals surface area contributed by atoms with Crippen molar-refractivity contribution in [2.75, 3.05) is 6.61 Å². The predicted octanol–water partition coefficient (Wildman–Crippen LogP) is 3.96. The van der Waals surface area contributed by atoms with E-state index in [0.29, 0.717) is 0 Å². The van der Waals surface area contributed by atoms with Gasteiger partial charge in [-0.25, -0.2) is 0 Å². The highest BCUT2D eigenvalue weighted by Gasteiger charge is 2.37. The lowest BCUT2D eigenvalue weighted by Gasteiger charge is -2.27. The van der Waals surface area contributed by atoms with Crippen molar-refractivity contribution < 1.29 is 4.74 Å². The first-order valence-corrected chi connectivity index (χ1v) is 6.01. The van der Waals surface area contributed by atoms with Crippen molar-refractivity contribution in [3.05, 3.63) is 28.8 Å². The molecule has 16 heavy (non-hydrogen) atoms. The lowest BCUT2D eigenvalue weighted by Crippen LogP contribution is -2.24. The van der Waals surface area contributed by atoms with Crippen LogP contribution in [0.1, 0.15) is 51.3 Å². The van der Waals surface area contributed by atoms with Crippen LogP contribution in [0.3, 0.4) is 0 Å². The second-order valence-electron chi connectivity index (χ2n) is 6.56. The summed E-state index contributed by atoms with van der Waals surface area (Å²) < 4.78 is 5.88. The Balaban J connectivity index is 2.72. The van der Waals surface area contributed by atoms with Gasteiger partial charge in [-0.1, -0.05) is 46.8 Å². The molecule has 2 rings (SSSR count). The molecule has 0 unspecified atom stereocenters. The Hall–Kier alpha value is -0.980. The molecule has 88 valence electrons. The summed E-state index contributed by atoms with van der Waals surface area (Å²) in [6.07, 6.45) is 0. The maximum Gasteiger partial charge on any atom is 0.126 e. The zero-order valence-corrected chi connectivity index (χ0v) is 11.3. The third-order valence-corrected chi connectivity index (χ3v) is 3.42. The molecule has 0 aromatic heterocycles. The quantitative estimate of drug-likeness (QED) is 0.640. The van der Waals surface area contributed by atoms with E-state index in [2.05, 4.69) is 53.7 Å². The van der Waals surface area contributed by atoms with Gasteiger partial charge in [0.2, 0.25) is 0 Å². The Kier molecular flexibility index (Phi) is 2.34. The molecule has 0 amide bonds. The molecule has 0 atom stereocenters. The Labute approximate surface area is 98.8 Å². The standard InChI is InChI=1S/C15H22O/c1-10-7-8-11(14(2,3)4)12-13(10)16-9-15(12,5)6/h7-8H,9H2,1-6H3. The Morgan fingerprint density at radius 2 is 1.81 bits per heavy atom. The van der Waals surface area contributed by atoms with Crippen molar-refractivity contribution >= 4 is 0 Å². The highest BCUT2D eigenvalue weighted by atomic mass is 16.5. The summed E-state index contributed by atoms with van der Waals surface area (Å²) in [5, 5.41) is 0. The molecule has 0 radical (unpaired) electrons. The van der Waals surface area contributed by atoms with Crippen LogP contribution in [-0.2, 0) is 10.8 Å². The summed E-state index contributed by atoms with van der Waals surface area (Å²) in [5.74, 6) is 1.12. The molecule has 0 spiro atoms. The van der Waals surface area contributed by atoms with Crippen molar-refractivity contribution in [1.29, 1.82) is 0 Å². The summed E-state index contributed by atoms with van der Waals surface area (Å²) in [7, 11) is 0. The summed E-state index contributed by atoms with van der Waals surface area (Å²) in [6.45, 7) is 14.3. The lowest BCUT2D eigenvalue weighted by molar-refractivity contribution is 0.289. The second-order valence-corrected chi connectivity index (χ2v) is 6.56. The third-order valence-electron chi connectivity index (χ3n) is 3.42. The van der Waals surface area contributed by atoms with E-state index in [1.165, 1.54) is 16.7 Å². The van der Waals surface area contributed by atoms with Gasteiger partial charge in [-0.15, -0.1) is 0 Å². The summed E-state index contributed by atoms with van der Waals surface area (Å²) in [6, 6.07) is 4.45. The number of hydrogen-bond acceptors (Lipinski definition) is 1. The fraction of sp³-hybridized carbons (Fsp3) is 0.600. The van der Waals surface area contributed by atoms with Crippen LogP contribution < -0.4 is 4.74 Å². The molecule has 1 aromatic rings.